The summed E-state index contributed by atoms with van der Waals surface area (Å²) < 4.78 is 0. The Labute approximate surface area is 93.5 Å². The number of nitro groups is 1. The Bertz CT molecular complexity index is 344. The van der Waals surface area contributed by atoms with Gasteiger partial charge in [0, 0.05) is 11.6 Å². The maximum Gasteiger partial charge on any atom is 0.274 e. The van der Waals surface area contributed by atoms with Crippen LogP contribution >= 0.6 is 12.4 Å². The number of nitrogens with zero attached hydrogens (tertiary/aromatic N) is 1. The van der Waals surface area contributed by atoms with Gasteiger partial charge in [-0.3, -0.25) is 10.1 Å². The van der Waals surface area contributed by atoms with E-state index in [4.69, 9.17) is 5.73 Å². The first-order chi connectivity index (χ1) is 6.54. The van der Waals surface area contributed by atoms with Crippen LogP contribution in [-0.4, -0.2) is 16.1 Å². The van der Waals surface area contributed by atoms with Crippen molar-refractivity contribution in [1.82, 2.24) is 0 Å². The molecule has 0 aliphatic heterocycles. The molecule has 15 heavy (non-hydrogen) atoms. The van der Waals surface area contributed by atoms with Crippen molar-refractivity contribution in [3.8, 4) is 0 Å². The smallest absolute Gasteiger partial charge is 0.274 e. The predicted octanol–water partition coefficient (Wildman–Crippen LogP) is 1.40. The van der Waals surface area contributed by atoms with Crippen LogP contribution in [0.25, 0.3) is 0 Å². The Morgan fingerprint density at radius 1 is 1.47 bits per heavy atom. The molecule has 1 aromatic carbocycles. The standard InChI is InChI=1S/C9H12N2O3.ClH/c1-6(12)9(10)7-4-2-3-5-8(7)11(13)14;/h2-6,9,12H,10H2,1H3;1H/t6-,9-;/m0./s1. The number of benzene rings is 1. The van der Waals surface area contributed by atoms with Crippen LogP contribution in [0.3, 0.4) is 0 Å². The number of aliphatic hydroxyl groups excluding tert-OH is 1. The maximum atomic E-state index is 10.6. The van der Waals surface area contributed by atoms with Crippen LogP contribution in [0.2, 0.25) is 0 Å². The molecule has 0 aromatic heterocycles. The molecule has 0 unspecified atom stereocenters. The quantitative estimate of drug-likeness (QED) is 0.609. The molecular formula is C9H13ClN2O3. The summed E-state index contributed by atoms with van der Waals surface area (Å²) >= 11 is 0. The van der Waals surface area contributed by atoms with Crippen LogP contribution in [-0.2, 0) is 0 Å². The zero-order valence-corrected chi connectivity index (χ0v) is 8.98. The minimum atomic E-state index is -0.809. The van der Waals surface area contributed by atoms with Gasteiger partial charge in [-0.2, -0.15) is 0 Å². The summed E-state index contributed by atoms with van der Waals surface area (Å²) in [4.78, 5) is 10.1. The molecule has 0 fully saturated rings. The average Bonchev–Trinajstić information content (AvgIpc) is 2.16. The van der Waals surface area contributed by atoms with Gasteiger partial charge in [-0.25, -0.2) is 0 Å². The van der Waals surface area contributed by atoms with E-state index < -0.39 is 17.1 Å². The van der Waals surface area contributed by atoms with E-state index in [0.717, 1.165) is 0 Å². The van der Waals surface area contributed by atoms with E-state index in [1.54, 1.807) is 18.2 Å². The molecule has 84 valence electrons. The van der Waals surface area contributed by atoms with Gasteiger partial charge in [0.05, 0.1) is 17.1 Å². The topological polar surface area (TPSA) is 89.4 Å². The van der Waals surface area contributed by atoms with Crippen molar-refractivity contribution in [2.45, 2.75) is 19.1 Å². The highest BCUT2D eigenvalue weighted by Gasteiger charge is 2.21. The van der Waals surface area contributed by atoms with Crippen LogP contribution in [0.5, 0.6) is 0 Å². The number of aliphatic hydroxyl groups is 1. The lowest BCUT2D eigenvalue weighted by atomic mass is 10.0. The van der Waals surface area contributed by atoms with Gasteiger partial charge in [0.15, 0.2) is 0 Å². The molecular weight excluding hydrogens is 220 g/mol. The third kappa shape index (κ3) is 3.16. The summed E-state index contributed by atoms with van der Waals surface area (Å²) in [5.74, 6) is 0. The average molecular weight is 233 g/mol. The number of halogens is 1. The fraction of sp³-hybridized carbons (Fsp3) is 0.333. The molecule has 0 saturated heterocycles. The van der Waals surface area contributed by atoms with Gasteiger partial charge < -0.3 is 10.8 Å². The third-order valence-corrected chi connectivity index (χ3v) is 2.01. The lowest BCUT2D eigenvalue weighted by molar-refractivity contribution is -0.385. The summed E-state index contributed by atoms with van der Waals surface area (Å²) in [5, 5.41) is 19.9. The van der Waals surface area contributed by atoms with Crippen LogP contribution < -0.4 is 5.73 Å². The van der Waals surface area contributed by atoms with Crippen molar-refractivity contribution in [3.63, 3.8) is 0 Å². The van der Waals surface area contributed by atoms with E-state index in [1.165, 1.54) is 13.0 Å². The minimum Gasteiger partial charge on any atom is -0.391 e. The number of nitrogens with two attached hydrogens (primary N) is 1. The number of hydrogen-bond donors (Lipinski definition) is 2. The lowest BCUT2D eigenvalue weighted by Gasteiger charge is -2.14. The molecule has 0 aliphatic rings. The van der Waals surface area contributed by atoms with Crippen molar-refractivity contribution in [2.24, 2.45) is 5.73 Å². The molecule has 0 aliphatic carbocycles. The first kappa shape index (κ1) is 13.8. The van der Waals surface area contributed by atoms with Crippen LogP contribution in [0.4, 0.5) is 5.69 Å². The summed E-state index contributed by atoms with van der Waals surface area (Å²) in [5.41, 5.74) is 5.92. The molecule has 5 nitrogen and oxygen atoms in total. The molecule has 3 N–H and O–H groups in total. The number of nitro benzene ring substituents is 1. The Hall–Kier alpha value is -1.17. The van der Waals surface area contributed by atoms with Gasteiger partial charge in [-0.1, -0.05) is 18.2 Å². The highest BCUT2D eigenvalue weighted by atomic mass is 35.5. The second-order valence-electron chi connectivity index (χ2n) is 3.08. The Kier molecular flexibility index (Phi) is 5.21. The van der Waals surface area contributed by atoms with Crippen LogP contribution in [0.15, 0.2) is 24.3 Å². The largest absolute Gasteiger partial charge is 0.391 e. The molecule has 1 rings (SSSR count). The normalized spacial score (nSPS) is 13.8. The van der Waals surface area contributed by atoms with Gasteiger partial charge in [0.2, 0.25) is 0 Å². The van der Waals surface area contributed by atoms with Crippen molar-refractivity contribution in [1.29, 1.82) is 0 Å². The Balaban J connectivity index is 0.00000196. The Morgan fingerprint density at radius 3 is 2.47 bits per heavy atom. The molecule has 6 heteroatoms. The molecule has 0 saturated carbocycles. The second kappa shape index (κ2) is 5.65. The summed E-state index contributed by atoms with van der Waals surface area (Å²) in [6.07, 6.45) is -0.809. The molecule has 0 heterocycles. The molecule has 0 amide bonds. The number of rotatable bonds is 3. The van der Waals surface area contributed by atoms with E-state index in [9.17, 15) is 15.2 Å². The van der Waals surface area contributed by atoms with Crippen LogP contribution in [0.1, 0.15) is 18.5 Å². The van der Waals surface area contributed by atoms with Gasteiger partial charge in [-0.15, -0.1) is 12.4 Å². The van der Waals surface area contributed by atoms with E-state index >= 15 is 0 Å². The summed E-state index contributed by atoms with van der Waals surface area (Å²) in [6, 6.07) is 5.42. The van der Waals surface area contributed by atoms with Crippen molar-refractivity contribution >= 4 is 18.1 Å². The Morgan fingerprint density at radius 2 is 2.00 bits per heavy atom. The van der Waals surface area contributed by atoms with Crippen molar-refractivity contribution in [2.75, 3.05) is 0 Å². The van der Waals surface area contributed by atoms with Crippen molar-refractivity contribution in [3.05, 3.63) is 39.9 Å². The summed E-state index contributed by atoms with van der Waals surface area (Å²) in [7, 11) is 0. The van der Waals surface area contributed by atoms with Gasteiger partial charge >= 0.3 is 0 Å². The molecule has 1 aromatic rings. The maximum absolute atomic E-state index is 10.6. The van der Waals surface area contributed by atoms with Gasteiger partial charge in [0.25, 0.3) is 5.69 Å². The third-order valence-electron chi connectivity index (χ3n) is 2.01. The fourth-order valence-corrected chi connectivity index (χ4v) is 1.20. The lowest BCUT2D eigenvalue weighted by Crippen LogP contribution is -2.23. The first-order valence-corrected chi connectivity index (χ1v) is 4.21. The molecule has 0 spiro atoms. The number of para-hydroxylation sites is 1. The van der Waals surface area contributed by atoms with Crippen LogP contribution in [0, 0.1) is 10.1 Å². The van der Waals surface area contributed by atoms with E-state index in [0.29, 0.717) is 5.56 Å². The summed E-state index contributed by atoms with van der Waals surface area (Å²) in [6.45, 7) is 1.50. The first-order valence-electron chi connectivity index (χ1n) is 4.21. The monoisotopic (exact) mass is 232 g/mol. The number of hydrogen-bond acceptors (Lipinski definition) is 4. The highest BCUT2D eigenvalue weighted by molar-refractivity contribution is 5.85. The van der Waals surface area contributed by atoms with E-state index in [-0.39, 0.29) is 18.1 Å². The van der Waals surface area contributed by atoms with E-state index in [1.807, 2.05) is 0 Å². The predicted molar refractivity (Wildman–Crippen MR) is 59.0 cm³/mol. The zero-order chi connectivity index (χ0) is 10.7. The molecule has 0 bridgehead atoms. The zero-order valence-electron chi connectivity index (χ0n) is 8.16. The van der Waals surface area contributed by atoms with Gasteiger partial charge in [-0.05, 0) is 6.92 Å². The highest BCUT2D eigenvalue weighted by Crippen LogP contribution is 2.24. The minimum absolute atomic E-state index is 0. The molecule has 2 atom stereocenters. The second-order valence-corrected chi connectivity index (χ2v) is 3.08. The molecule has 0 radical (unpaired) electrons. The van der Waals surface area contributed by atoms with E-state index in [2.05, 4.69) is 0 Å². The fourth-order valence-electron chi connectivity index (χ4n) is 1.20. The van der Waals surface area contributed by atoms with Crippen molar-refractivity contribution < 1.29 is 10.0 Å². The SMILES string of the molecule is C[C@H](O)[C@H](N)c1ccccc1[N+](=O)[O-].Cl. The van der Waals surface area contributed by atoms with Gasteiger partial charge in [0.1, 0.15) is 0 Å².